The van der Waals surface area contributed by atoms with E-state index < -0.39 is 6.04 Å². The number of anilines is 1. The van der Waals surface area contributed by atoms with E-state index in [-0.39, 0.29) is 11.8 Å². The van der Waals surface area contributed by atoms with Crippen molar-refractivity contribution in [1.82, 2.24) is 9.88 Å². The van der Waals surface area contributed by atoms with Crippen LogP contribution in [0.15, 0.2) is 41.1 Å². The summed E-state index contributed by atoms with van der Waals surface area (Å²) >= 11 is 2.93. The molecule has 156 valence electrons. The van der Waals surface area contributed by atoms with Crippen LogP contribution >= 0.6 is 22.7 Å². The molecule has 1 aromatic carbocycles. The first kappa shape index (κ1) is 20.6. The molecule has 1 aliphatic heterocycles. The summed E-state index contributed by atoms with van der Waals surface area (Å²) < 4.78 is 5.44. The van der Waals surface area contributed by atoms with Crippen LogP contribution in [0.3, 0.4) is 0 Å². The second-order valence-corrected chi connectivity index (χ2v) is 9.12. The minimum absolute atomic E-state index is 0.000532. The molecular weight excluding hydrogens is 418 g/mol. The minimum atomic E-state index is -0.446. The molecule has 4 rings (SSSR count). The SMILES string of the molecule is COc1ccc(C)cc1-c1csc(NC(=O)C2CCCN2C(=O)Cc2cccs2)n1. The molecule has 3 aromatic rings. The lowest BCUT2D eigenvalue weighted by Crippen LogP contribution is -2.43. The first-order chi connectivity index (χ1) is 14.5. The van der Waals surface area contributed by atoms with Crippen molar-refractivity contribution in [2.45, 2.75) is 32.2 Å². The topological polar surface area (TPSA) is 71.5 Å². The number of nitrogens with one attached hydrogen (secondary N) is 1. The first-order valence-corrected chi connectivity index (χ1v) is 11.5. The van der Waals surface area contributed by atoms with Crippen molar-refractivity contribution in [3.05, 3.63) is 51.5 Å². The highest BCUT2D eigenvalue weighted by atomic mass is 32.1. The van der Waals surface area contributed by atoms with Gasteiger partial charge in [-0.1, -0.05) is 17.7 Å². The van der Waals surface area contributed by atoms with Gasteiger partial charge in [0, 0.05) is 22.4 Å². The van der Waals surface area contributed by atoms with Crippen LogP contribution < -0.4 is 10.1 Å². The Kier molecular flexibility index (Phi) is 6.15. The lowest BCUT2D eigenvalue weighted by atomic mass is 10.1. The third-order valence-corrected chi connectivity index (χ3v) is 6.78. The third-order valence-electron chi connectivity index (χ3n) is 5.15. The maximum absolute atomic E-state index is 12.9. The van der Waals surface area contributed by atoms with Gasteiger partial charge in [-0.15, -0.1) is 22.7 Å². The lowest BCUT2D eigenvalue weighted by Gasteiger charge is -2.23. The van der Waals surface area contributed by atoms with E-state index in [2.05, 4.69) is 10.3 Å². The number of amides is 2. The zero-order chi connectivity index (χ0) is 21.1. The van der Waals surface area contributed by atoms with Gasteiger partial charge < -0.3 is 15.0 Å². The fourth-order valence-corrected chi connectivity index (χ4v) is 5.08. The normalized spacial score (nSPS) is 15.9. The number of thiophene rings is 1. The molecule has 1 aliphatic rings. The number of benzene rings is 1. The summed E-state index contributed by atoms with van der Waals surface area (Å²) in [4.78, 5) is 32.9. The summed E-state index contributed by atoms with van der Waals surface area (Å²) in [6.45, 7) is 2.63. The van der Waals surface area contributed by atoms with E-state index in [1.165, 1.54) is 11.3 Å². The van der Waals surface area contributed by atoms with E-state index in [1.54, 1.807) is 23.3 Å². The summed E-state index contributed by atoms with van der Waals surface area (Å²) in [6, 6.07) is 9.35. The van der Waals surface area contributed by atoms with Crippen molar-refractivity contribution in [2.75, 3.05) is 19.0 Å². The van der Waals surface area contributed by atoms with Crippen molar-refractivity contribution >= 4 is 39.6 Å². The third kappa shape index (κ3) is 4.39. The van der Waals surface area contributed by atoms with E-state index in [4.69, 9.17) is 4.74 Å². The Morgan fingerprint density at radius 2 is 2.17 bits per heavy atom. The molecule has 1 atom stereocenters. The van der Waals surface area contributed by atoms with E-state index in [0.29, 0.717) is 24.5 Å². The van der Waals surface area contributed by atoms with Gasteiger partial charge >= 0.3 is 0 Å². The fourth-order valence-electron chi connectivity index (χ4n) is 3.67. The average Bonchev–Trinajstić information content (AvgIpc) is 3.49. The highest BCUT2D eigenvalue weighted by molar-refractivity contribution is 7.14. The minimum Gasteiger partial charge on any atom is -0.496 e. The molecule has 6 nitrogen and oxygen atoms in total. The summed E-state index contributed by atoms with van der Waals surface area (Å²) in [5.41, 5.74) is 2.76. The standard InChI is InChI=1S/C22H23N3O3S2/c1-14-7-8-19(28-2)16(11-14)17-13-30-22(23-17)24-21(27)18-6-3-9-25(18)20(26)12-15-5-4-10-29-15/h4-5,7-8,10-11,13,18H,3,6,9,12H2,1-2H3,(H,23,24,27). The number of aryl methyl sites for hydroxylation is 1. The second kappa shape index (κ2) is 8.97. The number of thiazole rings is 1. The summed E-state index contributed by atoms with van der Waals surface area (Å²) in [5, 5.41) is 7.29. The van der Waals surface area contributed by atoms with Crippen molar-refractivity contribution in [3.63, 3.8) is 0 Å². The van der Waals surface area contributed by atoms with Gasteiger partial charge in [-0.2, -0.15) is 0 Å². The number of hydrogen-bond donors (Lipinski definition) is 1. The zero-order valence-corrected chi connectivity index (χ0v) is 18.5. The second-order valence-electron chi connectivity index (χ2n) is 7.23. The Morgan fingerprint density at radius 1 is 1.30 bits per heavy atom. The zero-order valence-electron chi connectivity index (χ0n) is 16.9. The molecule has 8 heteroatoms. The molecule has 3 heterocycles. The highest BCUT2D eigenvalue weighted by Gasteiger charge is 2.34. The Bertz CT molecular complexity index is 1050. The van der Waals surface area contributed by atoms with Gasteiger partial charge in [-0.25, -0.2) is 4.98 Å². The van der Waals surface area contributed by atoms with E-state index >= 15 is 0 Å². The van der Waals surface area contributed by atoms with Crippen LogP contribution in [-0.4, -0.2) is 41.4 Å². The van der Waals surface area contributed by atoms with E-state index in [1.807, 2.05) is 48.0 Å². The Labute approximate surface area is 183 Å². The number of aromatic nitrogens is 1. The molecule has 1 fully saturated rings. The van der Waals surface area contributed by atoms with Gasteiger partial charge in [0.25, 0.3) is 0 Å². The number of hydrogen-bond acceptors (Lipinski definition) is 6. The van der Waals surface area contributed by atoms with Crippen molar-refractivity contribution in [2.24, 2.45) is 0 Å². The largest absolute Gasteiger partial charge is 0.496 e. The van der Waals surface area contributed by atoms with E-state index in [9.17, 15) is 9.59 Å². The maximum Gasteiger partial charge on any atom is 0.248 e. The van der Waals surface area contributed by atoms with Crippen LogP contribution in [0.4, 0.5) is 5.13 Å². The van der Waals surface area contributed by atoms with Gasteiger partial charge in [0.2, 0.25) is 11.8 Å². The molecule has 0 radical (unpaired) electrons. The molecule has 1 saturated heterocycles. The smallest absolute Gasteiger partial charge is 0.248 e. The number of carbonyl (C=O) groups is 2. The van der Waals surface area contributed by atoms with Gasteiger partial charge in [0.05, 0.1) is 19.2 Å². The molecule has 0 spiro atoms. The molecule has 0 aliphatic carbocycles. The van der Waals surface area contributed by atoms with Crippen LogP contribution in [0.5, 0.6) is 5.75 Å². The first-order valence-electron chi connectivity index (χ1n) is 9.78. The predicted octanol–water partition coefficient (Wildman–Crippen LogP) is 4.36. The van der Waals surface area contributed by atoms with Crippen molar-refractivity contribution in [3.8, 4) is 17.0 Å². The molecule has 2 aromatic heterocycles. The summed E-state index contributed by atoms with van der Waals surface area (Å²) in [5.74, 6) is 0.563. The number of likely N-dealkylation sites (tertiary alicyclic amines) is 1. The monoisotopic (exact) mass is 441 g/mol. The molecule has 0 bridgehead atoms. The van der Waals surface area contributed by atoms with Crippen LogP contribution in [0, 0.1) is 6.92 Å². The highest BCUT2D eigenvalue weighted by Crippen LogP contribution is 2.33. The lowest BCUT2D eigenvalue weighted by molar-refractivity contribution is -0.136. The Hall–Kier alpha value is -2.71. The number of nitrogens with zero attached hydrogens (tertiary/aromatic N) is 2. The Morgan fingerprint density at radius 3 is 2.93 bits per heavy atom. The molecule has 1 N–H and O–H groups in total. The quantitative estimate of drug-likeness (QED) is 0.617. The predicted molar refractivity (Wildman–Crippen MR) is 120 cm³/mol. The van der Waals surface area contributed by atoms with Crippen LogP contribution in [0.1, 0.15) is 23.3 Å². The number of methoxy groups -OCH3 is 1. The van der Waals surface area contributed by atoms with Gasteiger partial charge in [-0.05, 0) is 43.3 Å². The van der Waals surface area contributed by atoms with Gasteiger partial charge in [0.1, 0.15) is 11.8 Å². The summed E-state index contributed by atoms with van der Waals surface area (Å²) in [6.07, 6.45) is 1.85. The summed E-state index contributed by atoms with van der Waals surface area (Å²) in [7, 11) is 1.63. The molecule has 2 amide bonds. The number of ether oxygens (including phenoxy) is 1. The van der Waals surface area contributed by atoms with Gasteiger partial charge in [-0.3, -0.25) is 9.59 Å². The average molecular weight is 442 g/mol. The molecule has 30 heavy (non-hydrogen) atoms. The van der Waals surface area contributed by atoms with Crippen LogP contribution in [0.2, 0.25) is 0 Å². The number of carbonyl (C=O) groups excluding carboxylic acids is 2. The fraction of sp³-hybridized carbons (Fsp3) is 0.318. The number of rotatable bonds is 6. The molecule has 0 saturated carbocycles. The molecule has 1 unspecified atom stereocenters. The molecular formula is C22H23N3O3S2. The van der Waals surface area contributed by atoms with E-state index in [0.717, 1.165) is 33.9 Å². The van der Waals surface area contributed by atoms with Crippen LogP contribution in [-0.2, 0) is 16.0 Å². The Balaban J connectivity index is 1.45. The van der Waals surface area contributed by atoms with Gasteiger partial charge in [0.15, 0.2) is 5.13 Å². The van der Waals surface area contributed by atoms with Crippen molar-refractivity contribution in [1.29, 1.82) is 0 Å². The van der Waals surface area contributed by atoms with Crippen molar-refractivity contribution < 1.29 is 14.3 Å². The maximum atomic E-state index is 12.9. The van der Waals surface area contributed by atoms with Crippen LogP contribution in [0.25, 0.3) is 11.3 Å².